The molecule has 4 rings (SSSR count). The van der Waals surface area contributed by atoms with E-state index in [1.165, 1.54) is 24.3 Å². The summed E-state index contributed by atoms with van der Waals surface area (Å²) in [5.74, 6) is -1.80. The molecule has 0 unspecified atom stereocenters. The number of ether oxygens (including phenoxy) is 1. The predicted molar refractivity (Wildman–Crippen MR) is 101 cm³/mol. The molecule has 1 saturated carbocycles. The van der Waals surface area contributed by atoms with E-state index in [0.717, 1.165) is 6.07 Å². The molecule has 0 saturated heterocycles. The van der Waals surface area contributed by atoms with Crippen LogP contribution in [-0.2, 0) is 16.4 Å². The number of rotatable bonds is 3. The third-order valence-electron chi connectivity index (χ3n) is 5.58. The molecule has 1 aromatic heterocycles. The predicted octanol–water partition coefficient (Wildman–Crippen LogP) is 4.66. The zero-order valence-electron chi connectivity index (χ0n) is 15.4. The number of nitrogens with zero attached hydrogens (tertiary/aromatic N) is 1. The largest absolute Gasteiger partial charge is 0.490 e. The Morgan fingerprint density at radius 1 is 1.23 bits per heavy atom. The molecule has 1 aliphatic carbocycles. The summed E-state index contributed by atoms with van der Waals surface area (Å²) in [4.78, 5) is 28.1. The number of hydrogen-bond acceptors (Lipinski definition) is 4. The SMILES string of the molecule is O=C(O)c1ccc2c(n1)[C@]1(CC[C@H](Oc3ccc(Cl)cc3C(F)(F)F)CC1)C(=O)N2. The lowest BCUT2D eigenvalue weighted by Gasteiger charge is -2.35. The van der Waals surface area contributed by atoms with Gasteiger partial charge in [-0.2, -0.15) is 13.2 Å². The van der Waals surface area contributed by atoms with Crippen LogP contribution in [0.1, 0.15) is 47.4 Å². The Morgan fingerprint density at radius 3 is 2.57 bits per heavy atom. The highest BCUT2D eigenvalue weighted by Crippen LogP contribution is 2.47. The number of nitrogens with one attached hydrogen (secondary N) is 1. The molecule has 30 heavy (non-hydrogen) atoms. The number of pyridine rings is 1. The summed E-state index contributed by atoms with van der Waals surface area (Å²) in [6, 6.07) is 6.15. The smallest absolute Gasteiger partial charge is 0.420 e. The Morgan fingerprint density at radius 2 is 1.93 bits per heavy atom. The second kappa shape index (κ2) is 7.16. The molecule has 0 bridgehead atoms. The molecule has 1 spiro atoms. The first-order valence-electron chi connectivity index (χ1n) is 9.20. The van der Waals surface area contributed by atoms with Crippen LogP contribution in [0.3, 0.4) is 0 Å². The zero-order valence-corrected chi connectivity index (χ0v) is 16.2. The number of carboxylic acid groups (broad SMARTS) is 1. The quantitative estimate of drug-likeness (QED) is 0.724. The van der Waals surface area contributed by atoms with Gasteiger partial charge in [0.05, 0.1) is 28.5 Å². The van der Waals surface area contributed by atoms with E-state index in [-0.39, 0.29) is 35.2 Å². The van der Waals surface area contributed by atoms with E-state index < -0.39 is 29.2 Å². The fourth-order valence-electron chi connectivity index (χ4n) is 4.07. The molecule has 2 aromatic rings. The normalized spacial score (nSPS) is 23.2. The maximum absolute atomic E-state index is 13.3. The molecule has 2 aliphatic rings. The Labute approximate surface area is 174 Å². The second-order valence-electron chi connectivity index (χ2n) is 7.39. The maximum atomic E-state index is 13.3. The van der Waals surface area contributed by atoms with Crippen molar-refractivity contribution in [3.05, 3.63) is 52.3 Å². The molecule has 1 aliphatic heterocycles. The van der Waals surface area contributed by atoms with Crippen LogP contribution >= 0.6 is 11.6 Å². The standard InChI is InChI=1S/C20H16ClF3N2O4/c21-10-1-4-15(12(9-10)20(22,23)24)30-11-5-7-19(8-6-11)16-13(26-18(19)29)2-3-14(25-16)17(27)28/h1-4,9,11H,5-8H2,(H,26,29)(H,27,28)/t11-,19+. The van der Waals surface area contributed by atoms with E-state index in [4.69, 9.17) is 16.3 Å². The minimum atomic E-state index is -4.61. The highest BCUT2D eigenvalue weighted by atomic mass is 35.5. The van der Waals surface area contributed by atoms with Gasteiger partial charge in [-0.05, 0) is 56.0 Å². The summed E-state index contributed by atoms with van der Waals surface area (Å²) >= 11 is 5.70. The van der Waals surface area contributed by atoms with E-state index in [2.05, 4.69) is 10.3 Å². The van der Waals surface area contributed by atoms with Gasteiger partial charge in [-0.3, -0.25) is 4.79 Å². The molecule has 1 aromatic carbocycles. The zero-order chi connectivity index (χ0) is 21.7. The molecule has 10 heteroatoms. The van der Waals surface area contributed by atoms with Crippen LogP contribution in [0.5, 0.6) is 5.75 Å². The van der Waals surface area contributed by atoms with Crippen molar-refractivity contribution in [3.63, 3.8) is 0 Å². The number of carbonyl (C=O) groups excluding carboxylic acids is 1. The van der Waals surface area contributed by atoms with Crippen molar-refractivity contribution in [2.24, 2.45) is 0 Å². The van der Waals surface area contributed by atoms with E-state index >= 15 is 0 Å². The van der Waals surface area contributed by atoms with Crippen LogP contribution in [0.15, 0.2) is 30.3 Å². The molecule has 2 N–H and O–H groups in total. The topological polar surface area (TPSA) is 88.5 Å². The van der Waals surface area contributed by atoms with E-state index in [9.17, 15) is 27.9 Å². The first-order chi connectivity index (χ1) is 14.1. The number of benzene rings is 1. The summed E-state index contributed by atoms with van der Waals surface area (Å²) in [5, 5.41) is 11.9. The number of hydrogen-bond donors (Lipinski definition) is 2. The van der Waals surface area contributed by atoms with E-state index in [0.29, 0.717) is 24.2 Å². The Balaban J connectivity index is 1.55. The summed E-state index contributed by atoms with van der Waals surface area (Å²) in [7, 11) is 0. The number of carbonyl (C=O) groups is 2. The van der Waals surface area contributed by atoms with Crippen molar-refractivity contribution in [1.29, 1.82) is 0 Å². The number of aromatic carboxylic acids is 1. The van der Waals surface area contributed by atoms with Gasteiger partial charge in [0.1, 0.15) is 11.4 Å². The summed E-state index contributed by atoms with van der Waals surface area (Å²) < 4.78 is 45.5. The summed E-state index contributed by atoms with van der Waals surface area (Å²) in [6.45, 7) is 0. The minimum absolute atomic E-state index is 0.0446. The molecule has 0 radical (unpaired) electrons. The third-order valence-corrected chi connectivity index (χ3v) is 5.81. The Bertz CT molecular complexity index is 1030. The van der Waals surface area contributed by atoms with Crippen LogP contribution in [0, 0.1) is 0 Å². The number of aromatic nitrogens is 1. The molecule has 1 amide bonds. The number of amides is 1. The van der Waals surface area contributed by atoms with Crippen molar-refractivity contribution in [3.8, 4) is 5.75 Å². The van der Waals surface area contributed by atoms with Gasteiger partial charge in [0, 0.05) is 5.02 Å². The van der Waals surface area contributed by atoms with Gasteiger partial charge in [0.2, 0.25) is 5.91 Å². The van der Waals surface area contributed by atoms with Gasteiger partial charge in [-0.15, -0.1) is 0 Å². The summed E-state index contributed by atoms with van der Waals surface area (Å²) in [5.41, 5.74) is -1.30. The van der Waals surface area contributed by atoms with Gasteiger partial charge in [-0.25, -0.2) is 9.78 Å². The van der Waals surface area contributed by atoms with E-state index in [1.54, 1.807) is 0 Å². The van der Waals surface area contributed by atoms with Gasteiger partial charge >= 0.3 is 12.1 Å². The van der Waals surface area contributed by atoms with Crippen molar-refractivity contribution in [2.75, 3.05) is 5.32 Å². The minimum Gasteiger partial charge on any atom is -0.490 e. The number of fused-ring (bicyclic) bond motifs is 2. The first kappa shape index (κ1) is 20.5. The van der Waals surface area contributed by atoms with Crippen LogP contribution in [0.2, 0.25) is 5.02 Å². The first-order valence-corrected chi connectivity index (χ1v) is 9.58. The molecule has 6 nitrogen and oxygen atoms in total. The number of anilines is 1. The van der Waals surface area contributed by atoms with Crippen molar-refractivity contribution in [2.45, 2.75) is 43.4 Å². The van der Waals surface area contributed by atoms with Crippen molar-refractivity contribution in [1.82, 2.24) is 4.98 Å². The molecule has 2 heterocycles. The molecule has 1 fully saturated rings. The molecular weight excluding hydrogens is 425 g/mol. The number of halogens is 4. The Hall–Kier alpha value is -2.81. The highest BCUT2D eigenvalue weighted by molar-refractivity contribution is 6.30. The number of alkyl halides is 3. The van der Waals surface area contributed by atoms with Gasteiger partial charge < -0.3 is 15.2 Å². The van der Waals surface area contributed by atoms with Gasteiger partial charge in [0.25, 0.3) is 0 Å². The van der Waals surface area contributed by atoms with Gasteiger partial charge in [-0.1, -0.05) is 11.6 Å². The van der Waals surface area contributed by atoms with Crippen LogP contribution < -0.4 is 10.1 Å². The van der Waals surface area contributed by atoms with E-state index in [1.807, 2.05) is 0 Å². The van der Waals surface area contributed by atoms with Crippen LogP contribution in [0.4, 0.5) is 18.9 Å². The van der Waals surface area contributed by atoms with Crippen LogP contribution in [-0.4, -0.2) is 28.1 Å². The van der Waals surface area contributed by atoms with Crippen molar-refractivity contribution < 1.29 is 32.6 Å². The molecule has 0 atom stereocenters. The lowest BCUT2D eigenvalue weighted by atomic mass is 9.71. The highest BCUT2D eigenvalue weighted by Gasteiger charge is 2.50. The second-order valence-corrected chi connectivity index (χ2v) is 7.83. The lowest BCUT2D eigenvalue weighted by Crippen LogP contribution is -2.41. The fraction of sp³-hybridized carbons (Fsp3) is 0.350. The lowest BCUT2D eigenvalue weighted by molar-refractivity contribution is -0.139. The fourth-order valence-corrected chi connectivity index (χ4v) is 4.24. The monoisotopic (exact) mass is 440 g/mol. The van der Waals surface area contributed by atoms with Crippen molar-refractivity contribution >= 4 is 29.2 Å². The molecular formula is C20H16ClF3N2O4. The van der Waals surface area contributed by atoms with Crippen LogP contribution in [0.25, 0.3) is 0 Å². The number of carboxylic acids is 1. The average molecular weight is 441 g/mol. The molecule has 158 valence electrons. The average Bonchev–Trinajstić information content (AvgIpc) is 2.95. The van der Waals surface area contributed by atoms with Gasteiger partial charge in [0.15, 0.2) is 0 Å². The maximum Gasteiger partial charge on any atom is 0.420 e. The Kier molecular flexibility index (Phi) is 4.88. The third kappa shape index (κ3) is 3.47. The summed E-state index contributed by atoms with van der Waals surface area (Å²) in [6.07, 6.45) is -3.96.